The second kappa shape index (κ2) is 6.13. The number of non-ortho nitro benzene ring substituents is 1. The van der Waals surface area contributed by atoms with Crippen molar-refractivity contribution in [2.75, 3.05) is 7.11 Å². The van der Waals surface area contributed by atoms with Crippen molar-refractivity contribution in [2.45, 2.75) is 10.6 Å². The van der Waals surface area contributed by atoms with Crippen molar-refractivity contribution in [1.29, 1.82) is 0 Å². The second-order valence-corrected chi connectivity index (χ2v) is 6.06. The van der Waals surface area contributed by atoms with E-state index in [-0.39, 0.29) is 22.5 Å². The molecule has 0 aliphatic carbocycles. The van der Waals surface area contributed by atoms with E-state index >= 15 is 0 Å². The number of ether oxygens (including phenoxy) is 1. The van der Waals surface area contributed by atoms with Gasteiger partial charge in [0.1, 0.15) is 5.75 Å². The summed E-state index contributed by atoms with van der Waals surface area (Å²) >= 11 is 0. The summed E-state index contributed by atoms with van der Waals surface area (Å²) in [5.74, 6) is 0.946. The summed E-state index contributed by atoms with van der Waals surface area (Å²) in [7, 11) is 0.124. The number of fused-ring (bicyclic) bond motifs is 1. The molecule has 1 heterocycles. The number of hydrogen-bond acceptors (Lipinski definition) is 7. The number of nitro benzene ring substituents is 1. The Kier molecular flexibility index (Phi) is 4.02. The number of nitro groups is 1. The largest absolute Gasteiger partial charge is 0.497 e. The van der Waals surface area contributed by atoms with E-state index in [9.17, 15) is 14.3 Å². The highest BCUT2D eigenvalue weighted by atomic mass is 32.2. The molecule has 0 saturated heterocycles. The zero-order valence-electron chi connectivity index (χ0n) is 12.0. The Morgan fingerprint density at radius 1 is 1.17 bits per heavy atom. The van der Waals surface area contributed by atoms with Crippen LogP contribution in [0.15, 0.2) is 45.9 Å². The van der Waals surface area contributed by atoms with E-state index in [1.54, 1.807) is 31.4 Å². The summed E-state index contributed by atoms with van der Waals surface area (Å²) in [6, 6.07) is 9.84. The van der Waals surface area contributed by atoms with Crippen LogP contribution in [-0.2, 0) is 16.6 Å². The zero-order chi connectivity index (χ0) is 16.4. The lowest BCUT2D eigenvalue weighted by atomic mass is 10.2. The third-order valence-corrected chi connectivity index (χ3v) is 4.67. The van der Waals surface area contributed by atoms with Gasteiger partial charge in [-0.2, -0.15) is 0 Å². The highest BCUT2D eigenvalue weighted by Gasteiger charge is 2.22. The van der Waals surface area contributed by atoms with Crippen molar-refractivity contribution in [3.8, 4) is 5.75 Å². The smallest absolute Gasteiger partial charge is 0.300 e. The molecule has 0 saturated carbocycles. The highest BCUT2D eigenvalue weighted by molar-refractivity contribution is 7.84. The van der Waals surface area contributed by atoms with Gasteiger partial charge in [0.2, 0.25) is 5.52 Å². The van der Waals surface area contributed by atoms with Crippen LogP contribution in [-0.4, -0.2) is 26.6 Å². The second-order valence-electron chi connectivity index (χ2n) is 4.64. The normalized spacial score (nSPS) is 12.2. The van der Waals surface area contributed by atoms with Crippen LogP contribution in [0.25, 0.3) is 11.0 Å². The lowest BCUT2D eigenvalue weighted by Crippen LogP contribution is -1.99. The predicted octanol–water partition coefficient (Wildman–Crippen LogP) is 2.45. The molecular formula is C14H11N3O5S. The first-order chi connectivity index (χ1) is 11.1. The Bertz CT molecular complexity index is 891. The number of rotatable bonds is 5. The number of methoxy groups -OCH3 is 1. The van der Waals surface area contributed by atoms with Gasteiger partial charge in [0.15, 0.2) is 5.52 Å². The van der Waals surface area contributed by atoms with Gasteiger partial charge in [-0.15, -0.1) is 0 Å². The van der Waals surface area contributed by atoms with Crippen molar-refractivity contribution in [3.05, 3.63) is 52.1 Å². The molecular weight excluding hydrogens is 322 g/mol. The molecule has 3 aromatic rings. The van der Waals surface area contributed by atoms with Crippen LogP contribution >= 0.6 is 0 Å². The molecule has 1 atom stereocenters. The topological polar surface area (TPSA) is 108 Å². The molecule has 2 aromatic carbocycles. The van der Waals surface area contributed by atoms with E-state index in [0.717, 1.165) is 5.56 Å². The monoisotopic (exact) mass is 333 g/mol. The molecule has 23 heavy (non-hydrogen) atoms. The van der Waals surface area contributed by atoms with Crippen molar-refractivity contribution in [3.63, 3.8) is 0 Å². The van der Waals surface area contributed by atoms with E-state index in [1.165, 1.54) is 12.1 Å². The Morgan fingerprint density at radius 2 is 1.87 bits per heavy atom. The maximum absolute atomic E-state index is 12.6. The zero-order valence-corrected chi connectivity index (χ0v) is 12.8. The molecule has 0 bridgehead atoms. The first kappa shape index (κ1) is 15.1. The van der Waals surface area contributed by atoms with Crippen molar-refractivity contribution in [1.82, 2.24) is 10.3 Å². The van der Waals surface area contributed by atoms with Crippen LogP contribution in [0.3, 0.4) is 0 Å². The fourth-order valence-corrected chi connectivity index (χ4v) is 3.33. The van der Waals surface area contributed by atoms with E-state index in [0.29, 0.717) is 10.6 Å². The average Bonchev–Trinajstić information content (AvgIpc) is 3.03. The minimum Gasteiger partial charge on any atom is -0.497 e. The van der Waals surface area contributed by atoms with Crippen LogP contribution < -0.4 is 4.74 Å². The summed E-state index contributed by atoms with van der Waals surface area (Å²) in [5, 5.41) is 18.1. The van der Waals surface area contributed by atoms with Gasteiger partial charge in [0, 0.05) is 6.07 Å². The van der Waals surface area contributed by atoms with Crippen LogP contribution in [0.4, 0.5) is 5.69 Å². The molecule has 1 aromatic heterocycles. The third-order valence-electron chi connectivity index (χ3n) is 3.26. The summed E-state index contributed by atoms with van der Waals surface area (Å²) < 4.78 is 22.2. The van der Waals surface area contributed by atoms with Crippen LogP contribution in [0.1, 0.15) is 5.56 Å². The fraction of sp³-hybridized carbons (Fsp3) is 0.143. The molecule has 0 aliphatic rings. The number of hydrogen-bond donors (Lipinski definition) is 0. The standard InChI is InChI=1S/C14H11N3O5S/c1-21-10-4-2-9(3-5-10)8-23(20)12-7-6-11(17(18)19)13-14(12)16-22-15-13/h2-7H,8H2,1H3. The van der Waals surface area contributed by atoms with Crippen molar-refractivity contribution < 1.29 is 18.5 Å². The van der Waals surface area contributed by atoms with Gasteiger partial charge < -0.3 is 4.74 Å². The molecule has 0 spiro atoms. The Balaban J connectivity index is 1.93. The SMILES string of the molecule is COc1ccc(CS(=O)c2ccc([N+](=O)[O-])c3nonc23)cc1. The molecule has 0 N–H and O–H groups in total. The molecule has 8 nitrogen and oxygen atoms in total. The summed E-state index contributed by atoms with van der Waals surface area (Å²) in [6.45, 7) is 0. The quantitative estimate of drug-likeness (QED) is 0.521. The maximum Gasteiger partial charge on any atom is 0.300 e. The molecule has 0 amide bonds. The highest BCUT2D eigenvalue weighted by Crippen LogP contribution is 2.28. The van der Waals surface area contributed by atoms with E-state index in [4.69, 9.17) is 4.74 Å². The van der Waals surface area contributed by atoms with E-state index in [2.05, 4.69) is 14.9 Å². The Hall–Kier alpha value is -2.81. The maximum atomic E-state index is 12.6. The molecule has 0 fully saturated rings. The van der Waals surface area contributed by atoms with Crippen molar-refractivity contribution in [2.24, 2.45) is 0 Å². The minimum atomic E-state index is -1.44. The summed E-state index contributed by atoms with van der Waals surface area (Å²) in [5.41, 5.74) is 0.750. The number of aromatic nitrogens is 2. The molecule has 1 unspecified atom stereocenters. The third kappa shape index (κ3) is 2.90. The minimum absolute atomic E-state index is 0.00409. The average molecular weight is 333 g/mol. The lowest BCUT2D eigenvalue weighted by molar-refractivity contribution is -0.383. The van der Waals surface area contributed by atoms with Gasteiger partial charge in [-0.1, -0.05) is 12.1 Å². The van der Waals surface area contributed by atoms with Gasteiger partial charge >= 0.3 is 5.69 Å². The molecule has 9 heteroatoms. The van der Waals surface area contributed by atoms with Crippen LogP contribution in [0.2, 0.25) is 0 Å². The molecule has 118 valence electrons. The molecule has 0 radical (unpaired) electrons. The van der Waals surface area contributed by atoms with E-state index < -0.39 is 15.7 Å². The number of nitrogens with zero attached hydrogens (tertiary/aromatic N) is 3. The molecule has 3 rings (SSSR count). The van der Waals surface area contributed by atoms with Gasteiger partial charge in [-0.05, 0) is 34.1 Å². The van der Waals surface area contributed by atoms with Crippen LogP contribution in [0.5, 0.6) is 5.75 Å². The van der Waals surface area contributed by atoms with Gasteiger partial charge in [0.25, 0.3) is 0 Å². The first-order valence-corrected chi connectivity index (χ1v) is 7.83. The fourth-order valence-electron chi connectivity index (χ4n) is 2.11. The summed E-state index contributed by atoms with van der Waals surface area (Å²) in [6.07, 6.45) is 0. The summed E-state index contributed by atoms with van der Waals surface area (Å²) in [4.78, 5) is 10.7. The Labute approximate surface area is 132 Å². The van der Waals surface area contributed by atoms with Gasteiger partial charge in [-0.3, -0.25) is 14.3 Å². The van der Waals surface area contributed by atoms with E-state index in [1.807, 2.05) is 0 Å². The number of benzene rings is 2. The van der Waals surface area contributed by atoms with Crippen LogP contribution in [0, 0.1) is 10.1 Å². The Morgan fingerprint density at radius 3 is 2.52 bits per heavy atom. The molecule has 0 aliphatic heterocycles. The predicted molar refractivity (Wildman–Crippen MR) is 81.6 cm³/mol. The lowest BCUT2D eigenvalue weighted by Gasteiger charge is -2.04. The first-order valence-electron chi connectivity index (χ1n) is 6.51. The van der Waals surface area contributed by atoms with Gasteiger partial charge in [-0.25, -0.2) is 4.63 Å². The van der Waals surface area contributed by atoms with Crippen molar-refractivity contribution >= 4 is 27.5 Å². The van der Waals surface area contributed by atoms with Gasteiger partial charge in [0.05, 0.1) is 33.5 Å².